The van der Waals surface area contributed by atoms with E-state index in [0.29, 0.717) is 26.8 Å². The maximum Gasteiger partial charge on any atom is 0.307 e. The molecule has 0 amide bonds. The van der Waals surface area contributed by atoms with Crippen LogP contribution in [0.25, 0.3) is 10.8 Å². The molecule has 0 radical (unpaired) electrons. The van der Waals surface area contributed by atoms with Crippen molar-refractivity contribution >= 4 is 33.3 Å². The lowest BCUT2D eigenvalue weighted by atomic mass is 9.92. The molecule has 0 aliphatic heterocycles. The summed E-state index contributed by atoms with van der Waals surface area (Å²) in [6.07, 6.45) is 1.22. The van der Waals surface area contributed by atoms with Crippen molar-refractivity contribution in [2.75, 3.05) is 6.26 Å². The molecule has 3 aromatic rings. The van der Waals surface area contributed by atoms with Gasteiger partial charge in [0.1, 0.15) is 0 Å². The van der Waals surface area contributed by atoms with Crippen molar-refractivity contribution in [1.29, 1.82) is 0 Å². The van der Waals surface area contributed by atoms with E-state index in [9.17, 15) is 22.6 Å². The summed E-state index contributed by atoms with van der Waals surface area (Å²) in [6, 6.07) is 13.2. The van der Waals surface area contributed by atoms with Crippen LogP contribution in [-0.2, 0) is 27.9 Å². The van der Waals surface area contributed by atoms with Gasteiger partial charge in [-0.15, -0.1) is 0 Å². The number of aliphatic carboxylic acids is 1. The molecule has 1 N–H and O–H groups in total. The molecule has 0 aliphatic rings. The van der Waals surface area contributed by atoms with Crippen LogP contribution < -0.4 is 0 Å². The molecule has 7 heteroatoms. The zero-order valence-electron chi connectivity index (χ0n) is 15.7. The van der Waals surface area contributed by atoms with Crippen LogP contribution in [0, 0.1) is 0 Å². The molecule has 0 saturated carbocycles. The van der Waals surface area contributed by atoms with Gasteiger partial charge in [-0.3, -0.25) is 13.8 Å². The van der Waals surface area contributed by atoms with Gasteiger partial charge in [0.25, 0.3) is 5.92 Å². The van der Waals surface area contributed by atoms with E-state index in [4.69, 9.17) is 5.11 Å². The molecule has 0 aliphatic carbocycles. The van der Waals surface area contributed by atoms with Crippen LogP contribution in [0.3, 0.4) is 0 Å². The number of alkyl halides is 2. The lowest BCUT2D eigenvalue weighted by Crippen LogP contribution is -2.09. The third-order valence-electron chi connectivity index (χ3n) is 4.57. The Bertz CT molecular complexity index is 1130. The number of carbonyl (C=O) groups excluding carboxylic acids is 1. The predicted octanol–water partition coefficient (Wildman–Crippen LogP) is 4.55. The van der Waals surface area contributed by atoms with Gasteiger partial charge < -0.3 is 5.11 Å². The monoisotopic (exact) mass is 416 g/mol. The number of hydrogen-bond donors (Lipinski definition) is 1. The minimum Gasteiger partial charge on any atom is -0.481 e. The standard InChI is InChI=1S/C22H18F2O4S/c1-22(23,24)16-6-3-15-9-13(11-20(25)26)10-19(18(15)12-16)21(27)14-4-7-17(8-5-14)29(2)28/h3-10,12H,11H2,1-2H3,(H,25,26). The first-order chi connectivity index (χ1) is 13.6. The minimum absolute atomic E-state index is 0.148. The van der Waals surface area contributed by atoms with E-state index in [2.05, 4.69) is 0 Å². The zero-order valence-corrected chi connectivity index (χ0v) is 16.6. The fourth-order valence-corrected chi connectivity index (χ4v) is 3.63. The maximum atomic E-state index is 13.8. The molecule has 1 atom stereocenters. The quantitative estimate of drug-likeness (QED) is 0.599. The Labute approximate surface area is 168 Å². The van der Waals surface area contributed by atoms with Crippen LogP contribution in [0.1, 0.15) is 34.0 Å². The first-order valence-corrected chi connectivity index (χ1v) is 10.3. The summed E-state index contributed by atoms with van der Waals surface area (Å²) < 4.78 is 39.2. The van der Waals surface area contributed by atoms with E-state index in [1.807, 2.05) is 0 Å². The van der Waals surface area contributed by atoms with E-state index in [-0.39, 0.29) is 17.5 Å². The van der Waals surface area contributed by atoms with Gasteiger partial charge in [-0.05, 0) is 52.7 Å². The molecule has 0 saturated heterocycles. The number of halogens is 2. The van der Waals surface area contributed by atoms with E-state index < -0.39 is 28.5 Å². The number of hydrogen-bond acceptors (Lipinski definition) is 3. The smallest absolute Gasteiger partial charge is 0.307 e. The van der Waals surface area contributed by atoms with Crippen molar-refractivity contribution in [3.8, 4) is 0 Å². The van der Waals surface area contributed by atoms with Gasteiger partial charge >= 0.3 is 5.97 Å². The maximum absolute atomic E-state index is 13.8. The summed E-state index contributed by atoms with van der Waals surface area (Å²) in [7, 11) is -1.20. The Kier molecular flexibility index (Phi) is 5.61. The van der Waals surface area contributed by atoms with Crippen LogP contribution in [0.2, 0.25) is 0 Å². The molecule has 29 heavy (non-hydrogen) atoms. The highest BCUT2D eigenvalue weighted by Gasteiger charge is 2.25. The van der Waals surface area contributed by atoms with Crippen molar-refractivity contribution in [2.45, 2.75) is 24.2 Å². The van der Waals surface area contributed by atoms with E-state index in [1.54, 1.807) is 18.2 Å². The summed E-state index contributed by atoms with van der Waals surface area (Å²) in [4.78, 5) is 24.8. The highest BCUT2D eigenvalue weighted by atomic mass is 32.2. The summed E-state index contributed by atoms with van der Waals surface area (Å²) in [5, 5.41) is 9.94. The Hall–Kier alpha value is -2.93. The molecule has 1 unspecified atom stereocenters. The number of rotatable bonds is 6. The highest BCUT2D eigenvalue weighted by molar-refractivity contribution is 7.84. The Morgan fingerprint density at radius 3 is 2.24 bits per heavy atom. The first kappa shape index (κ1) is 20.8. The summed E-state index contributed by atoms with van der Waals surface area (Å²) in [6.45, 7) is 0.776. The van der Waals surface area contributed by atoms with Gasteiger partial charge in [0.15, 0.2) is 5.78 Å². The average molecular weight is 416 g/mol. The van der Waals surface area contributed by atoms with Gasteiger partial charge in [0.2, 0.25) is 0 Å². The molecule has 150 valence electrons. The summed E-state index contributed by atoms with van der Waals surface area (Å²) in [5.41, 5.74) is 0.606. The summed E-state index contributed by atoms with van der Waals surface area (Å²) >= 11 is 0. The number of benzene rings is 3. The molecular weight excluding hydrogens is 398 g/mol. The number of fused-ring (bicyclic) bond motifs is 1. The van der Waals surface area contributed by atoms with Crippen LogP contribution in [0.15, 0.2) is 59.5 Å². The molecule has 0 bridgehead atoms. The molecule has 3 rings (SSSR count). The van der Waals surface area contributed by atoms with Crippen molar-refractivity contribution in [1.82, 2.24) is 0 Å². The van der Waals surface area contributed by atoms with Crippen LogP contribution in [0.5, 0.6) is 0 Å². The third kappa shape index (κ3) is 4.56. The van der Waals surface area contributed by atoms with Crippen molar-refractivity contribution < 1.29 is 27.7 Å². The van der Waals surface area contributed by atoms with Crippen LogP contribution in [-0.4, -0.2) is 27.3 Å². The molecule has 0 spiro atoms. The van der Waals surface area contributed by atoms with Gasteiger partial charge in [-0.1, -0.05) is 18.2 Å². The topological polar surface area (TPSA) is 71.4 Å². The number of carboxylic acids is 1. The second-order valence-corrected chi connectivity index (χ2v) is 8.23. The van der Waals surface area contributed by atoms with Gasteiger partial charge in [-0.2, -0.15) is 0 Å². The zero-order chi connectivity index (χ0) is 21.3. The Morgan fingerprint density at radius 1 is 1.03 bits per heavy atom. The largest absolute Gasteiger partial charge is 0.481 e. The SMILES string of the molecule is CS(=O)c1ccc(C(=O)c2cc(CC(=O)O)cc3ccc(C(C)(F)F)cc23)cc1. The van der Waals surface area contributed by atoms with Crippen molar-refractivity contribution in [3.05, 3.63) is 76.9 Å². The molecule has 0 heterocycles. The molecular formula is C22H18F2O4S. The van der Waals surface area contributed by atoms with Gasteiger partial charge in [-0.25, -0.2) is 8.78 Å². The van der Waals surface area contributed by atoms with Crippen molar-refractivity contribution in [3.63, 3.8) is 0 Å². The average Bonchev–Trinajstić information content (AvgIpc) is 2.65. The molecule has 3 aromatic carbocycles. The lowest BCUT2D eigenvalue weighted by molar-refractivity contribution is -0.136. The minimum atomic E-state index is -3.08. The third-order valence-corrected chi connectivity index (χ3v) is 5.51. The predicted molar refractivity (Wildman–Crippen MR) is 107 cm³/mol. The van der Waals surface area contributed by atoms with Gasteiger partial charge in [0, 0.05) is 45.6 Å². The number of carboxylic acid groups (broad SMARTS) is 1. The van der Waals surface area contributed by atoms with Crippen LogP contribution >= 0.6 is 0 Å². The van der Waals surface area contributed by atoms with Crippen LogP contribution in [0.4, 0.5) is 8.78 Å². The Balaban J connectivity index is 2.19. The molecule has 4 nitrogen and oxygen atoms in total. The fourth-order valence-electron chi connectivity index (χ4n) is 3.11. The second kappa shape index (κ2) is 7.83. The van der Waals surface area contributed by atoms with E-state index in [0.717, 1.165) is 6.92 Å². The van der Waals surface area contributed by atoms with E-state index >= 15 is 0 Å². The Morgan fingerprint density at radius 2 is 1.69 bits per heavy atom. The first-order valence-electron chi connectivity index (χ1n) is 8.71. The van der Waals surface area contributed by atoms with E-state index in [1.165, 1.54) is 42.7 Å². The van der Waals surface area contributed by atoms with Crippen molar-refractivity contribution in [2.24, 2.45) is 0 Å². The molecule has 0 aromatic heterocycles. The number of carbonyl (C=O) groups is 2. The van der Waals surface area contributed by atoms with Gasteiger partial charge in [0.05, 0.1) is 6.42 Å². The summed E-state index contributed by atoms with van der Waals surface area (Å²) in [5.74, 6) is -4.57. The number of ketones is 1. The normalized spacial score (nSPS) is 12.7. The molecule has 0 fully saturated rings. The lowest BCUT2D eigenvalue weighted by Gasteiger charge is -2.14. The second-order valence-electron chi connectivity index (χ2n) is 6.85. The highest BCUT2D eigenvalue weighted by Crippen LogP contribution is 2.32. The fraction of sp³-hybridized carbons (Fsp3) is 0.182.